The molecule has 0 aliphatic carbocycles. The molecule has 0 amide bonds. The van der Waals surface area contributed by atoms with E-state index in [1.165, 1.54) is 12.4 Å². The highest BCUT2D eigenvalue weighted by atomic mass is 19.1. The fourth-order valence-electron chi connectivity index (χ4n) is 2.24. The summed E-state index contributed by atoms with van der Waals surface area (Å²) in [6, 6.07) is 15.5. The van der Waals surface area contributed by atoms with Crippen LogP contribution < -0.4 is 20.1 Å². The first-order chi connectivity index (χ1) is 12.7. The molecule has 134 valence electrons. The summed E-state index contributed by atoms with van der Waals surface area (Å²) >= 11 is 0. The van der Waals surface area contributed by atoms with Crippen LogP contribution in [0.5, 0.6) is 11.5 Å². The van der Waals surface area contributed by atoms with Gasteiger partial charge in [-0.1, -0.05) is 12.1 Å². The van der Waals surface area contributed by atoms with E-state index in [2.05, 4.69) is 20.6 Å². The van der Waals surface area contributed by atoms with Gasteiger partial charge in [0, 0.05) is 6.07 Å². The van der Waals surface area contributed by atoms with Crippen molar-refractivity contribution in [2.75, 3.05) is 30.9 Å². The Labute approximate surface area is 151 Å². The van der Waals surface area contributed by atoms with Gasteiger partial charge in [0.05, 0.1) is 19.3 Å². The van der Waals surface area contributed by atoms with Gasteiger partial charge in [0.2, 0.25) is 0 Å². The van der Waals surface area contributed by atoms with Crippen molar-refractivity contribution in [1.82, 2.24) is 9.97 Å². The second-order valence-corrected chi connectivity index (χ2v) is 5.34. The van der Waals surface area contributed by atoms with Crippen LogP contribution in [0.25, 0.3) is 0 Å². The Kier molecular flexibility index (Phi) is 5.82. The van der Waals surface area contributed by atoms with E-state index in [0.29, 0.717) is 30.5 Å². The summed E-state index contributed by atoms with van der Waals surface area (Å²) in [5, 5.41) is 6.07. The number of aromatic nitrogens is 2. The topological polar surface area (TPSA) is 68.3 Å². The van der Waals surface area contributed by atoms with Gasteiger partial charge in [-0.3, -0.25) is 0 Å². The van der Waals surface area contributed by atoms with Crippen molar-refractivity contribution >= 4 is 17.3 Å². The van der Waals surface area contributed by atoms with Gasteiger partial charge in [0.25, 0.3) is 0 Å². The summed E-state index contributed by atoms with van der Waals surface area (Å²) in [4.78, 5) is 8.24. The van der Waals surface area contributed by atoms with Gasteiger partial charge in [0.15, 0.2) is 0 Å². The van der Waals surface area contributed by atoms with Gasteiger partial charge in [-0.15, -0.1) is 0 Å². The number of nitrogens with zero attached hydrogens (tertiary/aromatic N) is 2. The average Bonchev–Trinajstić information content (AvgIpc) is 2.68. The fraction of sp³-hybridized carbons (Fsp3) is 0.158. The lowest BCUT2D eigenvalue weighted by atomic mass is 10.3. The van der Waals surface area contributed by atoms with Crippen LogP contribution in [-0.4, -0.2) is 30.2 Å². The van der Waals surface area contributed by atoms with Crippen LogP contribution in [0.3, 0.4) is 0 Å². The smallest absolute Gasteiger partial charge is 0.146 e. The second-order valence-electron chi connectivity index (χ2n) is 5.34. The molecular weight excluding hydrogens is 335 g/mol. The van der Waals surface area contributed by atoms with Crippen molar-refractivity contribution in [2.45, 2.75) is 0 Å². The molecule has 0 saturated carbocycles. The Morgan fingerprint density at radius 2 is 1.69 bits per heavy atom. The first kappa shape index (κ1) is 17.5. The van der Waals surface area contributed by atoms with Crippen LogP contribution in [0.2, 0.25) is 0 Å². The molecule has 6 nitrogen and oxygen atoms in total. The molecule has 0 unspecified atom stereocenters. The number of benzene rings is 2. The Balaban J connectivity index is 1.50. The Bertz CT molecular complexity index is 843. The third kappa shape index (κ3) is 4.83. The molecule has 0 atom stereocenters. The van der Waals surface area contributed by atoms with Crippen molar-refractivity contribution in [3.63, 3.8) is 0 Å². The second kappa shape index (κ2) is 8.66. The van der Waals surface area contributed by atoms with Gasteiger partial charge in [0.1, 0.15) is 41.9 Å². The first-order valence-corrected chi connectivity index (χ1v) is 8.09. The average molecular weight is 354 g/mol. The Morgan fingerprint density at radius 3 is 2.46 bits per heavy atom. The van der Waals surface area contributed by atoms with Crippen molar-refractivity contribution in [2.24, 2.45) is 0 Å². The molecule has 0 aliphatic rings. The minimum atomic E-state index is -0.339. The zero-order valence-electron chi connectivity index (χ0n) is 14.3. The number of nitrogens with one attached hydrogen (secondary N) is 2. The van der Waals surface area contributed by atoms with Crippen molar-refractivity contribution < 1.29 is 13.9 Å². The summed E-state index contributed by atoms with van der Waals surface area (Å²) in [6.07, 6.45) is 1.41. The molecule has 0 aliphatic heterocycles. The third-order valence-electron chi connectivity index (χ3n) is 3.54. The van der Waals surface area contributed by atoms with Gasteiger partial charge in [-0.25, -0.2) is 14.4 Å². The molecule has 3 aromatic rings. The summed E-state index contributed by atoms with van der Waals surface area (Å²) in [5.74, 6) is 2.33. The van der Waals surface area contributed by atoms with Gasteiger partial charge in [-0.2, -0.15) is 0 Å². The molecule has 1 heterocycles. The Hall–Kier alpha value is -3.35. The molecular formula is C19H19FN4O2. The van der Waals surface area contributed by atoms with Crippen LogP contribution >= 0.6 is 0 Å². The molecule has 0 saturated heterocycles. The highest BCUT2D eigenvalue weighted by Crippen LogP contribution is 2.19. The number of rotatable bonds is 8. The minimum Gasteiger partial charge on any atom is -0.497 e. The number of para-hydroxylation sites is 1. The fourth-order valence-corrected chi connectivity index (χ4v) is 2.24. The molecule has 0 radical (unpaired) electrons. The molecule has 0 fully saturated rings. The lowest BCUT2D eigenvalue weighted by Crippen LogP contribution is -2.12. The number of hydrogen-bond donors (Lipinski definition) is 2. The molecule has 26 heavy (non-hydrogen) atoms. The SMILES string of the molecule is COc1ccc(OCCNc2cc(Nc3ccccc3F)ncn2)cc1. The van der Waals surface area contributed by atoms with Gasteiger partial charge >= 0.3 is 0 Å². The summed E-state index contributed by atoms with van der Waals surface area (Å²) in [7, 11) is 1.62. The first-order valence-electron chi connectivity index (χ1n) is 8.09. The van der Waals surface area contributed by atoms with Crippen LogP contribution in [-0.2, 0) is 0 Å². The summed E-state index contributed by atoms with van der Waals surface area (Å²) in [6.45, 7) is 1.02. The molecule has 2 aromatic carbocycles. The van der Waals surface area contributed by atoms with E-state index in [9.17, 15) is 4.39 Å². The van der Waals surface area contributed by atoms with Gasteiger partial charge in [-0.05, 0) is 36.4 Å². The monoisotopic (exact) mass is 354 g/mol. The van der Waals surface area contributed by atoms with E-state index in [-0.39, 0.29) is 5.82 Å². The van der Waals surface area contributed by atoms with Crippen molar-refractivity contribution in [3.05, 3.63) is 66.7 Å². The molecule has 1 aromatic heterocycles. The lowest BCUT2D eigenvalue weighted by molar-refractivity contribution is 0.331. The predicted molar refractivity (Wildman–Crippen MR) is 98.7 cm³/mol. The quantitative estimate of drug-likeness (QED) is 0.599. The van der Waals surface area contributed by atoms with E-state index in [1.54, 1.807) is 31.4 Å². The van der Waals surface area contributed by atoms with Crippen LogP contribution in [0.1, 0.15) is 0 Å². The number of hydrogen-bond acceptors (Lipinski definition) is 6. The molecule has 0 spiro atoms. The van der Waals surface area contributed by atoms with Crippen LogP contribution in [0.15, 0.2) is 60.9 Å². The van der Waals surface area contributed by atoms with E-state index in [0.717, 1.165) is 11.5 Å². The number of methoxy groups -OCH3 is 1. The number of ether oxygens (including phenoxy) is 2. The Morgan fingerprint density at radius 1 is 0.962 bits per heavy atom. The van der Waals surface area contributed by atoms with Crippen molar-refractivity contribution in [3.8, 4) is 11.5 Å². The van der Waals surface area contributed by atoms with E-state index >= 15 is 0 Å². The maximum absolute atomic E-state index is 13.7. The lowest BCUT2D eigenvalue weighted by Gasteiger charge is -2.10. The summed E-state index contributed by atoms with van der Waals surface area (Å²) in [5.41, 5.74) is 0.361. The van der Waals surface area contributed by atoms with Crippen molar-refractivity contribution in [1.29, 1.82) is 0 Å². The number of halogens is 1. The predicted octanol–water partition coefficient (Wildman–Crippen LogP) is 3.86. The van der Waals surface area contributed by atoms with E-state index < -0.39 is 0 Å². The standard InChI is InChI=1S/C19H19FN4O2/c1-25-14-6-8-15(9-7-14)26-11-10-21-18-12-19(23-13-22-18)24-17-5-3-2-4-16(17)20/h2-9,12-13H,10-11H2,1H3,(H2,21,22,23,24). The highest BCUT2D eigenvalue weighted by molar-refractivity contribution is 5.59. The molecule has 7 heteroatoms. The maximum atomic E-state index is 13.7. The maximum Gasteiger partial charge on any atom is 0.146 e. The minimum absolute atomic E-state index is 0.339. The third-order valence-corrected chi connectivity index (χ3v) is 3.54. The zero-order chi connectivity index (χ0) is 18.2. The molecule has 3 rings (SSSR count). The van der Waals surface area contributed by atoms with E-state index in [1.807, 2.05) is 24.3 Å². The largest absolute Gasteiger partial charge is 0.497 e. The number of anilines is 3. The summed E-state index contributed by atoms with van der Waals surface area (Å²) < 4.78 is 24.4. The van der Waals surface area contributed by atoms with Crippen LogP contribution in [0.4, 0.5) is 21.7 Å². The van der Waals surface area contributed by atoms with Gasteiger partial charge < -0.3 is 20.1 Å². The highest BCUT2D eigenvalue weighted by Gasteiger charge is 2.03. The zero-order valence-corrected chi connectivity index (χ0v) is 14.3. The normalized spacial score (nSPS) is 10.2. The van der Waals surface area contributed by atoms with Crippen LogP contribution in [0, 0.1) is 5.82 Å². The molecule has 2 N–H and O–H groups in total. The molecule has 0 bridgehead atoms. The van der Waals surface area contributed by atoms with E-state index in [4.69, 9.17) is 9.47 Å².